The van der Waals surface area contributed by atoms with Crippen LogP contribution in [0.4, 0.5) is 5.69 Å². The zero-order valence-electron chi connectivity index (χ0n) is 10.5. The van der Waals surface area contributed by atoms with Crippen LogP contribution in [0.1, 0.15) is 25.7 Å². The second-order valence-corrected chi connectivity index (χ2v) is 5.44. The molecule has 0 bridgehead atoms. The molecular formula is C13H20ClN3. The van der Waals surface area contributed by atoms with Crippen LogP contribution >= 0.6 is 11.6 Å². The first kappa shape index (κ1) is 12.7. The molecule has 1 fully saturated rings. The molecule has 4 heteroatoms. The van der Waals surface area contributed by atoms with Gasteiger partial charge in [-0.25, -0.2) is 0 Å². The van der Waals surface area contributed by atoms with Crippen molar-refractivity contribution in [3.63, 3.8) is 0 Å². The summed E-state index contributed by atoms with van der Waals surface area (Å²) in [6.45, 7) is 0.948. The highest BCUT2D eigenvalue weighted by molar-refractivity contribution is 6.33. The average molecular weight is 254 g/mol. The molecule has 1 saturated carbocycles. The monoisotopic (exact) mass is 253 g/mol. The van der Waals surface area contributed by atoms with Crippen LogP contribution in [0.5, 0.6) is 0 Å². The number of halogens is 1. The minimum atomic E-state index is 0.284. The van der Waals surface area contributed by atoms with Crippen molar-refractivity contribution in [2.45, 2.75) is 31.2 Å². The predicted molar refractivity (Wildman–Crippen MR) is 72.6 cm³/mol. The topological polar surface area (TPSA) is 28.2 Å². The lowest BCUT2D eigenvalue weighted by molar-refractivity contribution is 0.172. The quantitative estimate of drug-likeness (QED) is 0.894. The Hall–Kier alpha value is -0.800. The smallest absolute Gasteiger partial charge is 0.0820 e. The molecule has 2 rings (SSSR count). The lowest BCUT2D eigenvalue weighted by Gasteiger charge is -2.36. The standard InChI is InChI=1S/C13H20ClN3/c1-17(2)13(6-3-4-7-13)10-16-12-5-8-15-9-11(12)14/h5,8-9H,3-4,6-7,10H2,1-2H3,(H,15,16). The number of anilines is 1. The van der Waals surface area contributed by atoms with E-state index in [0.717, 1.165) is 12.2 Å². The van der Waals surface area contributed by atoms with Gasteiger partial charge in [0, 0.05) is 24.5 Å². The molecule has 0 radical (unpaired) electrons. The van der Waals surface area contributed by atoms with E-state index in [9.17, 15) is 0 Å². The van der Waals surface area contributed by atoms with Crippen LogP contribution in [0.25, 0.3) is 0 Å². The summed E-state index contributed by atoms with van der Waals surface area (Å²) in [7, 11) is 4.34. The van der Waals surface area contributed by atoms with Crippen LogP contribution in [0.3, 0.4) is 0 Å². The van der Waals surface area contributed by atoms with Crippen LogP contribution in [0, 0.1) is 0 Å². The Bertz CT molecular complexity index is 373. The fraction of sp³-hybridized carbons (Fsp3) is 0.615. The fourth-order valence-electron chi connectivity index (χ4n) is 2.59. The number of likely N-dealkylation sites (N-methyl/N-ethyl adjacent to an activating group) is 1. The summed E-state index contributed by atoms with van der Waals surface area (Å²) in [5, 5.41) is 4.16. The van der Waals surface area contributed by atoms with Gasteiger partial charge < -0.3 is 10.2 Å². The van der Waals surface area contributed by atoms with Gasteiger partial charge in [-0.15, -0.1) is 0 Å². The summed E-state index contributed by atoms with van der Waals surface area (Å²) in [5.74, 6) is 0. The van der Waals surface area contributed by atoms with Gasteiger partial charge in [-0.2, -0.15) is 0 Å². The van der Waals surface area contributed by atoms with E-state index in [2.05, 4.69) is 29.3 Å². The summed E-state index contributed by atoms with van der Waals surface area (Å²) in [4.78, 5) is 6.34. The molecule has 0 atom stereocenters. The van der Waals surface area contributed by atoms with Gasteiger partial charge in [0.15, 0.2) is 0 Å². The zero-order chi connectivity index (χ0) is 12.3. The molecule has 0 amide bonds. The Balaban J connectivity index is 2.03. The molecule has 0 aliphatic heterocycles. The van der Waals surface area contributed by atoms with Crippen LogP contribution in [-0.2, 0) is 0 Å². The van der Waals surface area contributed by atoms with Crippen LogP contribution in [0.2, 0.25) is 5.02 Å². The highest BCUT2D eigenvalue weighted by Gasteiger charge is 2.35. The molecule has 0 unspecified atom stereocenters. The van der Waals surface area contributed by atoms with Gasteiger partial charge in [0.05, 0.1) is 10.7 Å². The van der Waals surface area contributed by atoms with E-state index < -0.39 is 0 Å². The van der Waals surface area contributed by atoms with E-state index >= 15 is 0 Å². The van der Waals surface area contributed by atoms with E-state index in [1.165, 1.54) is 25.7 Å². The molecule has 3 nitrogen and oxygen atoms in total. The van der Waals surface area contributed by atoms with Crippen molar-refractivity contribution in [1.82, 2.24) is 9.88 Å². The Morgan fingerprint density at radius 2 is 2.12 bits per heavy atom. The molecule has 1 heterocycles. The van der Waals surface area contributed by atoms with Gasteiger partial charge in [0.25, 0.3) is 0 Å². The maximum atomic E-state index is 6.10. The molecule has 1 aromatic rings. The maximum absolute atomic E-state index is 6.10. The molecule has 1 aliphatic carbocycles. The summed E-state index contributed by atoms with van der Waals surface area (Å²) in [6.07, 6.45) is 8.62. The normalized spacial score (nSPS) is 18.6. The molecule has 0 saturated heterocycles. The number of pyridine rings is 1. The number of rotatable bonds is 4. The highest BCUT2D eigenvalue weighted by atomic mass is 35.5. The molecule has 1 N–H and O–H groups in total. The number of hydrogen-bond donors (Lipinski definition) is 1. The highest BCUT2D eigenvalue weighted by Crippen LogP contribution is 2.34. The van der Waals surface area contributed by atoms with Crippen molar-refractivity contribution < 1.29 is 0 Å². The fourth-order valence-corrected chi connectivity index (χ4v) is 2.78. The lowest BCUT2D eigenvalue weighted by atomic mass is 9.96. The van der Waals surface area contributed by atoms with E-state index in [-0.39, 0.29) is 5.54 Å². The first-order chi connectivity index (χ1) is 8.14. The molecule has 17 heavy (non-hydrogen) atoms. The zero-order valence-corrected chi connectivity index (χ0v) is 11.3. The molecular weight excluding hydrogens is 234 g/mol. The van der Waals surface area contributed by atoms with Gasteiger partial charge in [-0.1, -0.05) is 24.4 Å². The van der Waals surface area contributed by atoms with Crippen molar-refractivity contribution in [2.24, 2.45) is 0 Å². The number of nitrogens with one attached hydrogen (secondary N) is 1. The van der Waals surface area contributed by atoms with Crippen LogP contribution < -0.4 is 5.32 Å². The first-order valence-corrected chi connectivity index (χ1v) is 6.53. The second-order valence-electron chi connectivity index (χ2n) is 5.03. The Morgan fingerprint density at radius 3 is 2.71 bits per heavy atom. The van der Waals surface area contributed by atoms with Crippen LogP contribution in [-0.4, -0.2) is 36.1 Å². The second kappa shape index (κ2) is 5.23. The lowest BCUT2D eigenvalue weighted by Crippen LogP contribution is -2.47. The number of nitrogens with zero attached hydrogens (tertiary/aromatic N) is 2. The van der Waals surface area contributed by atoms with Crippen molar-refractivity contribution in [1.29, 1.82) is 0 Å². The first-order valence-electron chi connectivity index (χ1n) is 6.15. The number of hydrogen-bond acceptors (Lipinski definition) is 3. The predicted octanol–water partition coefficient (Wildman–Crippen LogP) is 3.02. The molecule has 1 aromatic heterocycles. The third-order valence-corrected chi connectivity index (χ3v) is 4.16. The van der Waals surface area contributed by atoms with Gasteiger partial charge in [0.2, 0.25) is 0 Å². The Labute approximate surface area is 108 Å². The summed E-state index contributed by atoms with van der Waals surface area (Å²) in [5.41, 5.74) is 1.27. The summed E-state index contributed by atoms with van der Waals surface area (Å²) in [6, 6.07) is 1.93. The van der Waals surface area contributed by atoms with Gasteiger partial charge >= 0.3 is 0 Å². The van der Waals surface area contributed by atoms with Crippen LogP contribution in [0.15, 0.2) is 18.5 Å². The van der Waals surface area contributed by atoms with E-state index in [4.69, 9.17) is 11.6 Å². The average Bonchev–Trinajstić information content (AvgIpc) is 2.78. The largest absolute Gasteiger partial charge is 0.382 e. The molecule has 94 valence electrons. The van der Waals surface area contributed by atoms with Crippen molar-refractivity contribution in [3.05, 3.63) is 23.5 Å². The minimum Gasteiger partial charge on any atom is -0.382 e. The van der Waals surface area contributed by atoms with Crippen molar-refractivity contribution in [2.75, 3.05) is 26.0 Å². The van der Waals surface area contributed by atoms with Gasteiger partial charge in [-0.05, 0) is 33.0 Å². The van der Waals surface area contributed by atoms with E-state index in [1.807, 2.05) is 6.07 Å². The van der Waals surface area contributed by atoms with Crippen molar-refractivity contribution >= 4 is 17.3 Å². The molecule has 0 aromatic carbocycles. The minimum absolute atomic E-state index is 0.284. The maximum Gasteiger partial charge on any atom is 0.0820 e. The third kappa shape index (κ3) is 2.72. The SMILES string of the molecule is CN(C)C1(CNc2ccncc2Cl)CCCC1. The molecule has 1 aliphatic rings. The van der Waals surface area contributed by atoms with Crippen molar-refractivity contribution in [3.8, 4) is 0 Å². The Morgan fingerprint density at radius 1 is 1.41 bits per heavy atom. The van der Waals surface area contributed by atoms with Gasteiger partial charge in [-0.3, -0.25) is 4.98 Å². The Kier molecular flexibility index (Phi) is 3.89. The van der Waals surface area contributed by atoms with Gasteiger partial charge in [0.1, 0.15) is 0 Å². The van der Waals surface area contributed by atoms with E-state index in [1.54, 1.807) is 12.4 Å². The summed E-state index contributed by atoms with van der Waals surface area (Å²) < 4.78 is 0. The molecule has 0 spiro atoms. The van der Waals surface area contributed by atoms with E-state index in [0.29, 0.717) is 5.02 Å². The number of aromatic nitrogens is 1. The third-order valence-electron chi connectivity index (χ3n) is 3.86. The summed E-state index contributed by atoms with van der Waals surface area (Å²) >= 11 is 6.10.